The lowest BCUT2D eigenvalue weighted by Gasteiger charge is -2.11. The first-order chi connectivity index (χ1) is 13.1. The van der Waals surface area contributed by atoms with Crippen LogP contribution in [0.2, 0.25) is 5.02 Å². The van der Waals surface area contributed by atoms with Gasteiger partial charge in [0.1, 0.15) is 11.6 Å². The molecule has 0 saturated carbocycles. The predicted molar refractivity (Wildman–Crippen MR) is 103 cm³/mol. The molecule has 8 heteroatoms. The Bertz CT molecular complexity index is 1090. The maximum Gasteiger partial charge on any atom is 0.196 e. The normalized spacial score (nSPS) is 11.1. The molecule has 2 aromatic carbocycles. The average molecular weight is 401 g/mol. The minimum Gasteiger partial charge on any atom is -0.360 e. The van der Waals surface area contributed by atoms with Crippen molar-refractivity contribution in [3.05, 3.63) is 76.9 Å². The zero-order chi connectivity index (χ0) is 18.8. The van der Waals surface area contributed by atoms with Crippen LogP contribution < -0.4 is 0 Å². The van der Waals surface area contributed by atoms with Crippen molar-refractivity contribution in [2.45, 2.75) is 17.8 Å². The lowest BCUT2D eigenvalue weighted by molar-refractivity contribution is 0.391. The van der Waals surface area contributed by atoms with E-state index in [0.717, 1.165) is 5.69 Å². The molecule has 0 aliphatic carbocycles. The molecule has 0 bridgehead atoms. The lowest BCUT2D eigenvalue weighted by Crippen LogP contribution is -2.02. The van der Waals surface area contributed by atoms with E-state index in [1.54, 1.807) is 28.8 Å². The van der Waals surface area contributed by atoms with Crippen molar-refractivity contribution in [3.63, 3.8) is 0 Å². The van der Waals surface area contributed by atoms with Crippen molar-refractivity contribution < 1.29 is 8.91 Å². The highest BCUT2D eigenvalue weighted by molar-refractivity contribution is 7.98. The second-order valence-electron chi connectivity index (χ2n) is 5.80. The Hall–Kier alpha value is -2.64. The van der Waals surface area contributed by atoms with Crippen LogP contribution >= 0.6 is 23.4 Å². The van der Waals surface area contributed by atoms with Crippen LogP contribution in [-0.4, -0.2) is 19.9 Å². The van der Waals surface area contributed by atoms with Gasteiger partial charge in [-0.3, -0.25) is 4.57 Å². The van der Waals surface area contributed by atoms with E-state index in [0.29, 0.717) is 38.8 Å². The summed E-state index contributed by atoms with van der Waals surface area (Å²) in [6, 6.07) is 15.6. The highest BCUT2D eigenvalue weighted by atomic mass is 35.5. The van der Waals surface area contributed by atoms with Gasteiger partial charge in [-0.1, -0.05) is 52.8 Å². The van der Waals surface area contributed by atoms with E-state index in [9.17, 15) is 4.39 Å². The first-order valence-electron chi connectivity index (χ1n) is 8.13. The minimum atomic E-state index is -0.372. The molecule has 0 radical (unpaired) electrons. The third-order valence-corrected chi connectivity index (χ3v) is 5.14. The Balaban J connectivity index is 1.80. The van der Waals surface area contributed by atoms with Gasteiger partial charge in [0.05, 0.1) is 22.2 Å². The van der Waals surface area contributed by atoms with E-state index < -0.39 is 0 Å². The molecule has 2 aromatic heterocycles. The SMILES string of the molecule is Cc1cc(CSc2nnc(-c3ccccc3Cl)n2-c2ccccc2F)on1. The van der Waals surface area contributed by atoms with Gasteiger partial charge in [0.2, 0.25) is 0 Å². The molecular formula is C19H14ClFN4OS. The van der Waals surface area contributed by atoms with Gasteiger partial charge in [-0.15, -0.1) is 10.2 Å². The molecule has 0 N–H and O–H groups in total. The fraction of sp³-hybridized carbons (Fsp3) is 0.105. The van der Waals surface area contributed by atoms with Crippen LogP contribution in [0.1, 0.15) is 11.5 Å². The van der Waals surface area contributed by atoms with E-state index >= 15 is 0 Å². The monoisotopic (exact) mass is 400 g/mol. The number of aromatic nitrogens is 4. The first kappa shape index (κ1) is 17.8. The number of hydrogen-bond donors (Lipinski definition) is 0. The molecule has 0 amide bonds. The van der Waals surface area contributed by atoms with Crippen molar-refractivity contribution in [1.29, 1.82) is 0 Å². The number of thioether (sulfide) groups is 1. The molecule has 0 atom stereocenters. The van der Waals surface area contributed by atoms with Crippen LogP contribution in [0.4, 0.5) is 4.39 Å². The van der Waals surface area contributed by atoms with Gasteiger partial charge in [0, 0.05) is 11.6 Å². The second kappa shape index (κ2) is 7.54. The quantitative estimate of drug-likeness (QED) is 0.424. The maximum absolute atomic E-state index is 14.5. The number of aryl methyl sites for hydroxylation is 1. The summed E-state index contributed by atoms with van der Waals surface area (Å²) < 4.78 is 21.5. The fourth-order valence-corrected chi connectivity index (χ4v) is 3.69. The van der Waals surface area contributed by atoms with Gasteiger partial charge in [-0.2, -0.15) is 0 Å². The number of rotatable bonds is 5. The van der Waals surface area contributed by atoms with Crippen molar-refractivity contribution >= 4 is 23.4 Å². The molecule has 27 heavy (non-hydrogen) atoms. The van der Waals surface area contributed by atoms with Crippen LogP contribution in [0.5, 0.6) is 0 Å². The van der Waals surface area contributed by atoms with Gasteiger partial charge >= 0.3 is 0 Å². The maximum atomic E-state index is 14.5. The minimum absolute atomic E-state index is 0.355. The summed E-state index contributed by atoms with van der Waals surface area (Å²) in [6.45, 7) is 1.86. The molecule has 4 rings (SSSR count). The summed E-state index contributed by atoms with van der Waals surface area (Å²) >= 11 is 7.72. The Morgan fingerprint density at radius 3 is 2.63 bits per heavy atom. The summed E-state index contributed by atoms with van der Waals surface area (Å²) in [6.07, 6.45) is 0. The lowest BCUT2D eigenvalue weighted by atomic mass is 10.2. The van der Waals surface area contributed by atoms with E-state index in [2.05, 4.69) is 15.4 Å². The van der Waals surface area contributed by atoms with Gasteiger partial charge in [0.25, 0.3) is 0 Å². The molecule has 5 nitrogen and oxygen atoms in total. The molecule has 2 heterocycles. The highest BCUT2D eigenvalue weighted by Gasteiger charge is 2.20. The number of para-hydroxylation sites is 1. The molecule has 0 unspecified atom stereocenters. The molecule has 4 aromatic rings. The van der Waals surface area contributed by atoms with Crippen LogP contribution in [0.3, 0.4) is 0 Å². The Morgan fingerprint density at radius 2 is 1.89 bits per heavy atom. The standard InChI is InChI=1S/C19H14ClFN4OS/c1-12-10-13(26-24-12)11-27-19-23-22-18(14-6-2-3-7-15(14)20)25(19)17-9-5-4-8-16(17)21/h2-10H,11H2,1H3. The Morgan fingerprint density at radius 1 is 1.11 bits per heavy atom. The van der Waals surface area contributed by atoms with Gasteiger partial charge in [-0.25, -0.2) is 4.39 Å². The Labute approximate surface area is 164 Å². The summed E-state index contributed by atoms with van der Waals surface area (Å²) in [4.78, 5) is 0. The molecular weight excluding hydrogens is 387 g/mol. The molecule has 0 spiro atoms. The van der Waals surface area contributed by atoms with Crippen LogP contribution in [0.15, 0.2) is 64.3 Å². The van der Waals surface area contributed by atoms with Crippen LogP contribution in [0, 0.1) is 12.7 Å². The molecule has 0 fully saturated rings. The second-order valence-corrected chi connectivity index (χ2v) is 7.15. The van der Waals surface area contributed by atoms with Crippen LogP contribution in [-0.2, 0) is 5.75 Å². The number of halogens is 2. The number of nitrogens with zero attached hydrogens (tertiary/aromatic N) is 4. The molecule has 136 valence electrons. The predicted octanol–water partition coefficient (Wildman–Crippen LogP) is 5.32. The number of hydrogen-bond acceptors (Lipinski definition) is 5. The van der Waals surface area contributed by atoms with E-state index in [-0.39, 0.29) is 5.82 Å². The van der Waals surface area contributed by atoms with E-state index in [1.165, 1.54) is 17.8 Å². The van der Waals surface area contributed by atoms with Crippen molar-refractivity contribution in [2.75, 3.05) is 0 Å². The summed E-state index contributed by atoms with van der Waals surface area (Å²) in [5, 5.41) is 13.5. The third kappa shape index (κ3) is 3.61. The van der Waals surface area contributed by atoms with E-state index in [1.807, 2.05) is 31.2 Å². The summed E-state index contributed by atoms with van der Waals surface area (Å²) in [7, 11) is 0. The van der Waals surface area contributed by atoms with E-state index in [4.69, 9.17) is 16.1 Å². The third-order valence-electron chi connectivity index (χ3n) is 3.86. The van der Waals surface area contributed by atoms with Gasteiger partial charge < -0.3 is 4.52 Å². The highest BCUT2D eigenvalue weighted by Crippen LogP contribution is 2.33. The largest absolute Gasteiger partial charge is 0.360 e. The zero-order valence-corrected chi connectivity index (χ0v) is 15.8. The molecule has 0 saturated heterocycles. The fourth-order valence-electron chi connectivity index (χ4n) is 2.65. The molecule has 0 aliphatic heterocycles. The van der Waals surface area contributed by atoms with Crippen LogP contribution in [0.25, 0.3) is 17.1 Å². The van der Waals surface area contributed by atoms with Crippen molar-refractivity contribution in [2.24, 2.45) is 0 Å². The molecule has 0 aliphatic rings. The Kier molecular flexibility index (Phi) is 4.96. The summed E-state index contributed by atoms with van der Waals surface area (Å²) in [5.74, 6) is 1.31. The summed E-state index contributed by atoms with van der Waals surface area (Å²) in [5.41, 5.74) is 1.84. The van der Waals surface area contributed by atoms with Crippen molar-refractivity contribution in [3.8, 4) is 17.1 Å². The van der Waals surface area contributed by atoms with Crippen molar-refractivity contribution in [1.82, 2.24) is 19.9 Å². The smallest absolute Gasteiger partial charge is 0.196 e. The van der Waals surface area contributed by atoms with Gasteiger partial charge in [0.15, 0.2) is 11.0 Å². The average Bonchev–Trinajstić information content (AvgIpc) is 3.27. The zero-order valence-electron chi connectivity index (χ0n) is 14.3. The number of benzene rings is 2. The van der Waals surface area contributed by atoms with Gasteiger partial charge in [-0.05, 0) is 31.2 Å². The first-order valence-corrected chi connectivity index (χ1v) is 9.50. The topological polar surface area (TPSA) is 56.7 Å².